The number of hydrogen-bond acceptors (Lipinski definition) is 4. The van der Waals surface area contributed by atoms with Crippen molar-refractivity contribution in [2.45, 2.75) is 0 Å². The van der Waals surface area contributed by atoms with Gasteiger partial charge >= 0.3 is 0 Å². The summed E-state index contributed by atoms with van der Waals surface area (Å²) in [7, 11) is 0. The van der Waals surface area contributed by atoms with Crippen molar-refractivity contribution in [1.82, 2.24) is 15.4 Å². The second-order valence-electron chi connectivity index (χ2n) is 3.35. The van der Waals surface area contributed by atoms with Crippen LogP contribution >= 0.6 is 15.9 Å². The van der Waals surface area contributed by atoms with E-state index in [4.69, 9.17) is 10.3 Å². The lowest BCUT2D eigenvalue weighted by atomic mass is 10.1. The maximum Gasteiger partial charge on any atom is 0.169 e. The Labute approximate surface area is 98.7 Å². The standard InChI is InChI=1S/C10H7BrN4O/c11-10-9-5(7-4-8(12)15-16-7)2-1-3-6(9)13-14-10/h1-4H,(H2,12,15)(H,13,14). The molecule has 0 atom stereocenters. The van der Waals surface area contributed by atoms with Crippen LogP contribution in [-0.2, 0) is 0 Å². The molecule has 1 aromatic carbocycles. The van der Waals surface area contributed by atoms with Crippen molar-refractivity contribution >= 4 is 32.7 Å². The molecule has 0 amide bonds. The summed E-state index contributed by atoms with van der Waals surface area (Å²) in [6, 6.07) is 7.44. The average Bonchev–Trinajstić information content (AvgIpc) is 2.86. The Balaban J connectivity index is 2.34. The van der Waals surface area contributed by atoms with E-state index < -0.39 is 0 Å². The maximum atomic E-state index is 5.53. The van der Waals surface area contributed by atoms with Crippen LogP contribution in [0.25, 0.3) is 22.2 Å². The quantitative estimate of drug-likeness (QED) is 0.717. The van der Waals surface area contributed by atoms with Gasteiger partial charge in [-0.05, 0) is 22.0 Å². The second kappa shape index (κ2) is 3.34. The molecule has 3 N–H and O–H groups in total. The number of H-pyrrole nitrogens is 1. The first-order valence-corrected chi connectivity index (χ1v) is 5.40. The Morgan fingerprint density at radius 1 is 1.38 bits per heavy atom. The molecule has 0 aliphatic rings. The molecule has 5 nitrogen and oxygen atoms in total. The zero-order chi connectivity index (χ0) is 11.1. The van der Waals surface area contributed by atoms with Crippen molar-refractivity contribution in [3.63, 3.8) is 0 Å². The van der Waals surface area contributed by atoms with E-state index in [9.17, 15) is 0 Å². The van der Waals surface area contributed by atoms with Crippen LogP contribution in [-0.4, -0.2) is 15.4 Å². The van der Waals surface area contributed by atoms with Crippen LogP contribution in [0.5, 0.6) is 0 Å². The molecule has 3 rings (SSSR count). The molecule has 3 aromatic rings. The predicted octanol–water partition coefficient (Wildman–Crippen LogP) is 2.56. The molecule has 80 valence electrons. The number of halogens is 1. The third-order valence-corrected chi connectivity index (χ3v) is 2.90. The van der Waals surface area contributed by atoms with Crippen LogP contribution in [0.1, 0.15) is 0 Å². The van der Waals surface area contributed by atoms with Gasteiger partial charge in [0.1, 0.15) is 4.60 Å². The molecule has 0 saturated carbocycles. The predicted molar refractivity (Wildman–Crippen MR) is 63.7 cm³/mol. The van der Waals surface area contributed by atoms with Crippen LogP contribution in [0, 0.1) is 0 Å². The van der Waals surface area contributed by atoms with Gasteiger partial charge < -0.3 is 10.3 Å². The van der Waals surface area contributed by atoms with Crippen LogP contribution in [0.4, 0.5) is 5.82 Å². The van der Waals surface area contributed by atoms with E-state index in [1.54, 1.807) is 6.07 Å². The zero-order valence-corrected chi connectivity index (χ0v) is 9.65. The Hall–Kier alpha value is -1.82. The fourth-order valence-corrected chi connectivity index (χ4v) is 2.16. The van der Waals surface area contributed by atoms with Gasteiger partial charge in [0.15, 0.2) is 11.6 Å². The molecule has 0 saturated heterocycles. The Kier molecular flexibility index (Phi) is 1.97. The van der Waals surface area contributed by atoms with Gasteiger partial charge in [0.05, 0.1) is 5.52 Å². The lowest BCUT2D eigenvalue weighted by molar-refractivity contribution is 0.436. The average molecular weight is 279 g/mol. The number of aromatic nitrogens is 3. The molecule has 0 fully saturated rings. The summed E-state index contributed by atoms with van der Waals surface area (Å²) < 4.78 is 5.96. The Morgan fingerprint density at radius 2 is 2.25 bits per heavy atom. The van der Waals surface area contributed by atoms with Crippen molar-refractivity contribution in [1.29, 1.82) is 0 Å². The second-order valence-corrected chi connectivity index (χ2v) is 4.15. The van der Waals surface area contributed by atoms with Crippen molar-refractivity contribution in [2.24, 2.45) is 0 Å². The zero-order valence-electron chi connectivity index (χ0n) is 8.07. The highest BCUT2D eigenvalue weighted by Gasteiger charge is 2.13. The van der Waals surface area contributed by atoms with Crippen molar-refractivity contribution in [2.75, 3.05) is 5.73 Å². The molecule has 0 unspecified atom stereocenters. The molecule has 6 heteroatoms. The number of anilines is 1. The van der Waals surface area contributed by atoms with Gasteiger partial charge in [0.25, 0.3) is 0 Å². The van der Waals surface area contributed by atoms with E-state index in [-0.39, 0.29) is 0 Å². The molecule has 0 spiro atoms. The molecular weight excluding hydrogens is 272 g/mol. The number of nitrogens with one attached hydrogen (secondary N) is 1. The number of nitrogens with two attached hydrogens (primary N) is 1. The summed E-state index contributed by atoms with van der Waals surface area (Å²) in [5, 5.41) is 11.6. The number of nitrogen functional groups attached to an aromatic ring is 1. The number of nitrogens with zero attached hydrogens (tertiary/aromatic N) is 2. The normalized spacial score (nSPS) is 11.1. The molecule has 0 aliphatic carbocycles. The van der Waals surface area contributed by atoms with Crippen molar-refractivity contribution in [3.05, 3.63) is 28.9 Å². The third-order valence-electron chi connectivity index (χ3n) is 2.33. The summed E-state index contributed by atoms with van der Waals surface area (Å²) in [6.45, 7) is 0. The fraction of sp³-hybridized carbons (Fsp3) is 0. The molecular formula is C10H7BrN4O. The number of benzene rings is 1. The number of fused-ring (bicyclic) bond motifs is 1. The van der Waals surface area contributed by atoms with Crippen LogP contribution < -0.4 is 5.73 Å². The van der Waals surface area contributed by atoms with E-state index in [2.05, 4.69) is 31.3 Å². The molecule has 0 bridgehead atoms. The minimum atomic E-state index is 0.367. The molecule has 16 heavy (non-hydrogen) atoms. The SMILES string of the molecule is Nc1cc(-c2cccc3n[nH]c(Br)c23)on1. The largest absolute Gasteiger partial charge is 0.381 e. The maximum absolute atomic E-state index is 5.53. The topological polar surface area (TPSA) is 80.7 Å². The van der Waals surface area contributed by atoms with Gasteiger partial charge in [-0.1, -0.05) is 17.3 Å². The van der Waals surface area contributed by atoms with E-state index in [0.717, 1.165) is 21.1 Å². The third kappa shape index (κ3) is 1.30. The Morgan fingerprint density at radius 3 is 3.00 bits per heavy atom. The lowest BCUT2D eigenvalue weighted by Gasteiger charge is -1.97. The van der Waals surface area contributed by atoms with E-state index in [1.807, 2.05) is 18.2 Å². The van der Waals surface area contributed by atoms with Gasteiger partial charge in [-0.25, -0.2) is 0 Å². The highest BCUT2D eigenvalue weighted by Crippen LogP contribution is 2.32. The van der Waals surface area contributed by atoms with Crippen LogP contribution in [0.15, 0.2) is 33.4 Å². The fourth-order valence-electron chi connectivity index (χ4n) is 1.65. The number of aromatic amines is 1. The van der Waals surface area contributed by atoms with Crippen LogP contribution in [0.3, 0.4) is 0 Å². The summed E-state index contributed by atoms with van der Waals surface area (Å²) >= 11 is 3.41. The van der Waals surface area contributed by atoms with E-state index in [1.165, 1.54) is 0 Å². The van der Waals surface area contributed by atoms with Crippen LogP contribution in [0.2, 0.25) is 0 Å². The summed E-state index contributed by atoms with van der Waals surface area (Å²) in [6.07, 6.45) is 0. The van der Waals surface area contributed by atoms with Crippen molar-refractivity contribution in [3.8, 4) is 11.3 Å². The Bertz CT molecular complexity index is 658. The van der Waals surface area contributed by atoms with Gasteiger partial charge in [-0.3, -0.25) is 5.10 Å². The van der Waals surface area contributed by atoms with Crippen molar-refractivity contribution < 1.29 is 4.52 Å². The lowest BCUT2D eigenvalue weighted by Crippen LogP contribution is -1.80. The van der Waals surface area contributed by atoms with E-state index >= 15 is 0 Å². The first-order valence-electron chi connectivity index (χ1n) is 4.61. The monoisotopic (exact) mass is 278 g/mol. The highest BCUT2D eigenvalue weighted by atomic mass is 79.9. The van der Waals surface area contributed by atoms with Gasteiger partial charge in [0.2, 0.25) is 0 Å². The van der Waals surface area contributed by atoms with E-state index in [0.29, 0.717) is 11.6 Å². The summed E-state index contributed by atoms with van der Waals surface area (Å²) in [5.74, 6) is 0.997. The highest BCUT2D eigenvalue weighted by molar-refractivity contribution is 9.10. The first-order chi connectivity index (χ1) is 7.75. The number of hydrogen-bond donors (Lipinski definition) is 2. The molecule has 0 aliphatic heterocycles. The summed E-state index contributed by atoms with van der Waals surface area (Å²) in [4.78, 5) is 0. The summed E-state index contributed by atoms with van der Waals surface area (Å²) in [5.41, 5.74) is 7.30. The van der Waals surface area contributed by atoms with Gasteiger partial charge in [-0.2, -0.15) is 5.10 Å². The van der Waals surface area contributed by atoms with Gasteiger partial charge in [-0.15, -0.1) is 0 Å². The smallest absolute Gasteiger partial charge is 0.169 e. The molecule has 2 aromatic heterocycles. The molecule has 2 heterocycles. The van der Waals surface area contributed by atoms with Gasteiger partial charge in [0, 0.05) is 17.0 Å². The number of rotatable bonds is 1. The molecule has 0 radical (unpaired) electrons. The first kappa shape index (κ1) is 9.41. The minimum absolute atomic E-state index is 0.367. The minimum Gasteiger partial charge on any atom is -0.381 e.